The van der Waals surface area contributed by atoms with Crippen molar-refractivity contribution in [3.8, 4) is 0 Å². The molecule has 0 spiro atoms. The number of urea groups is 1. The van der Waals surface area contributed by atoms with Crippen LogP contribution in [-0.2, 0) is 9.84 Å². The van der Waals surface area contributed by atoms with Crippen LogP contribution in [0.15, 0.2) is 29.6 Å². The van der Waals surface area contributed by atoms with Gasteiger partial charge in [0.15, 0.2) is 5.13 Å². The number of H-pyrrole nitrogens is 1. The lowest BCUT2D eigenvalue weighted by molar-refractivity contribution is 0.262. The number of thiazole rings is 1. The number of aromatic nitrogens is 5. The zero-order chi connectivity index (χ0) is 22.7. The normalized spacial score (nSPS) is 15.4. The first-order valence-corrected chi connectivity index (χ1v) is 12.6. The molecule has 2 aromatic heterocycles. The van der Waals surface area contributed by atoms with Crippen molar-refractivity contribution in [3.05, 3.63) is 34.8 Å². The second-order valence-electron chi connectivity index (χ2n) is 7.60. The third kappa shape index (κ3) is 4.72. The van der Waals surface area contributed by atoms with Gasteiger partial charge in [-0.1, -0.05) is 11.2 Å². The highest BCUT2D eigenvalue weighted by Crippen LogP contribution is 2.33. The predicted octanol–water partition coefficient (Wildman–Crippen LogP) is 3.13. The van der Waals surface area contributed by atoms with E-state index in [1.54, 1.807) is 0 Å². The number of hydrogen-bond acceptors (Lipinski definition) is 9. The van der Waals surface area contributed by atoms with Crippen LogP contribution in [0.25, 0.3) is 0 Å². The Morgan fingerprint density at radius 2 is 2.00 bits per heavy atom. The molecule has 170 valence electrons. The first kappa shape index (κ1) is 22.1. The van der Waals surface area contributed by atoms with Crippen LogP contribution in [0.2, 0.25) is 0 Å². The Morgan fingerprint density at radius 1 is 1.22 bits per heavy atom. The van der Waals surface area contributed by atoms with Crippen LogP contribution in [0.5, 0.6) is 0 Å². The van der Waals surface area contributed by atoms with Gasteiger partial charge in [-0.2, -0.15) is 5.21 Å². The van der Waals surface area contributed by atoms with Crippen molar-refractivity contribution in [2.75, 3.05) is 28.6 Å². The van der Waals surface area contributed by atoms with Gasteiger partial charge in [0.2, 0.25) is 9.84 Å². The number of aryl methyl sites for hydroxylation is 1. The first-order valence-electron chi connectivity index (χ1n) is 10.2. The average Bonchev–Trinajstić information content (AvgIpc) is 3.48. The molecule has 0 bridgehead atoms. The summed E-state index contributed by atoms with van der Waals surface area (Å²) in [6.45, 7) is 5.46. The van der Waals surface area contributed by atoms with Crippen LogP contribution in [0.3, 0.4) is 0 Å². The van der Waals surface area contributed by atoms with Gasteiger partial charge in [0, 0.05) is 24.2 Å². The van der Waals surface area contributed by atoms with Crippen molar-refractivity contribution in [2.45, 2.75) is 43.5 Å². The average molecular weight is 477 g/mol. The van der Waals surface area contributed by atoms with Crippen LogP contribution in [0.1, 0.15) is 41.9 Å². The van der Waals surface area contributed by atoms with Crippen LogP contribution < -0.4 is 15.5 Å². The number of nitrogens with one attached hydrogen (secondary N) is 3. The highest BCUT2D eigenvalue weighted by molar-refractivity contribution is 7.91. The fraction of sp³-hybridized carbons (Fsp3) is 0.421. The van der Waals surface area contributed by atoms with Gasteiger partial charge in [0.25, 0.3) is 5.16 Å². The second-order valence-corrected chi connectivity index (χ2v) is 10.8. The van der Waals surface area contributed by atoms with Crippen molar-refractivity contribution < 1.29 is 13.2 Å². The number of amides is 2. The monoisotopic (exact) mass is 476 g/mol. The molecule has 1 aliphatic heterocycles. The number of carbonyl (C=O) groups is 1. The Kier molecular flexibility index (Phi) is 6.37. The molecule has 4 rings (SSSR count). The molecule has 0 aliphatic carbocycles. The molecule has 1 aliphatic rings. The van der Waals surface area contributed by atoms with E-state index >= 15 is 0 Å². The van der Waals surface area contributed by atoms with E-state index in [1.165, 1.54) is 19.5 Å². The summed E-state index contributed by atoms with van der Waals surface area (Å²) in [5.41, 5.74) is 2.84. The maximum atomic E-state index is 12.6. The van der Waals surface area contributed by atoms with Gasteiger partial charge >= 0.3 is 6.03 Å². The van der Waals surface area contributed by atoms with E-state index in [0.29, 0.717) is 10.0 Å². The molecule has 1 atom stereocenters. The maximum Gasteiger partial charge on any atom is 0.325 e. The Morgan fingerprint density at radius 3 is 2.72 bits per heavy atom. The zero-order valence-corrected chi connectivity index (χ0v) is 19.3. The van der Waals surface area contributed by atoms with Crippen molar-refractivity contribution in [3.63, 3.8) is 0 Å². The summed E-state index contributed by atoms with van der Waals surface area (Å²) in [6.07, 6.45) is 4.91. The minimum Gasteiger partial charge on any atom is -0.370 e. The van der Waals surface area contributed by atoms with Crippen molar-refractivity contribution in [2.24, 2.45) is 0 Å². The number of anilines is 3. The smallest absolute Gasteiger partial charge is 0.325 e. The molecule has 0 radical (unpaired) electrons. The molecular formula is C19H24N8O3S2. The molecule has 13 heteroatoms. The van der Waals surface area contributed by atoms with Gasteiger partial charge in [-0.15, -0.1) is 16.4 Å². The van der Waals surface area contributed by atoms with Crippen molar-refractivity contribution >= 4 is 43.7 Å². The maximum absolute atomic E-state index is 12.6. The molecule has 1 fully saturated rings. The molecule has 3 aromatic rings. The summed E-state index contributed by atoms with van der Waals surface area (Å²) in [4.78, 5) is 19.5. The summed E-state index contributed by atoms with van der Waals surface area (Å²) in [6, 6.07) is 5.48. The molecule has 2 amide bonds. The van der Waals surface area contributed by atoms with Gasteiger partial charge in [0.1, 0.15) is 5.25 Å². The molecule has 3 heterocycles. The quantitative estimate of drug-likeness (QED) is 0.492. The Hall–Kier alpha value is -3.06. The van der Waals surface area contributed by atoms with Gasteiger partial charge in [-0.25, -0.2) is 18.2 Å². The minimum atomic E-state index is -3.81. The number of nitrogens with zero attached hydrogens (tertiary/aromatic N) is 5. The first-order chi connectivity index (χ1) is 15.3. The fourth-order valence-corrected chi connectivity index (χ4v) is 5.78. The molecular weight excluding hydrogens is 452 g/mol. The van der Waals surface area contributed by atoms with Gasteiger partial charge in [0.05, 0.1) is 11.4 Å². The standard InChI is InChI=1S/C19H24N8O3S2/c1-12-6-7-14(15(10-12)27-8-4-3-5-9-27)21-17(28)22-18-20-11-16(31-18)13(2)32(29,30)19-23-25-26-24-19/h6-7,10-11,13H,3-5,8-9H2,1-2H3,(H2,20,21,22,28)(H,23,24,25,26). The summed E-state index contributed by atoms with van der Waals surface area (Å²) < 4.78 is 25.1. The van der Waals surface area contributed by atoms with Gasteiger partial charge in [-0.3, -0.25) is 5.32 Å². The minimum absolute atomic E-state index is 0.291. The number of rotatable bonds is 6. The van der Waals surface area contributed by atoms with Crippen molar-refractivity contribution in [1.82, 2.24) is 25.6 Å². The van der Waals surface area contributed by atoms with Crippen LogP contribution in [0, 0.1) is 6.92 Å². The zero-order valence-electron chi connectivity index (χ0n) is 17.7. The lowest BCUT2D eigenvalue weighted by Gasteiger charge is -2.30. The topological polar surface area (TPSA) is 146 Å². The number of hydrogen-bond donors (Lipinski definition) is 3. The summed E-state index contributed by atoms with van der Waals surface area (Å²) in [5.74, 6) is 0. The largest absolute Gasteiger partial charge is 0.370 e. The van der Waals surface area contributed by atoms with E-state index < -0.39 is 21.1 Å². The third-order valence-corrected chi connectivity index (χ3v) is 8.40. The predicted molar refractivity (Wildman–Crippen MR) is 122 cm³/mol. The van der Waals surface area contributed by atoms with Gasteiger partial charge in [-0.05, 0) is 56.0 Å². The Labute approximate surface area is 189 Å². The molecule has 1 unspecified atom stereocenters. The van der Waals surface area contributed by atoms with Crippen LogP contribution >= 0.6 is 11.3 Å². The summed E-state index contributed by atoms with van der Waals surface area (Å²) in [7, 11) is -3.81. The van der Waals surface area contributed by atoms with E-state index in [0.717, 1.165) is 54.2 Å². The molecule has 1 aromatic carbocycles. The van der Waals surface area contributed by atoms with E-state index in [-0.39, 0.29) is 5.16 Å². The molecule has 11 nitrogen and oxygen atoms in total. The van der Waals surface area contributed by atoms with E-state index in [4.69, 9.17) is 0 Å². The van der Waals surface area contributed by atoms with Crippen LogP contribution in [0.4, 0.5) is 21.3 Å². The number of tetrazole rings is 1. The van der Waals surface area contributed by atoms with Crippen molar-refractivity contribution in [1.29, 1.82) is 0 Å². The Bertz CT molecular complexity index is 1190. The number of carbonyl (C=O) groups excluding carboxylic acids is 1. The van der Waals surface area contributed by atoms with E-state index in [9.17, 15) is 13.2 Å². The molecule has 3 N–H and O–H groups in total. The van der Waals surface area contributed by atoms with Crippen LogP contribution in [-0.4, -0.2) is 53.1 Å². The van der Waals surface area contributed by atoms with E-state index in [1.807, 2.05) is 19.1 Å². The summed E-state index contributed by atoms with van der Waals surface area (Å²) >= 11 is 1.08. The second kappa shape index (κ2) is 9.20. The number of aromatic amines is 1. The molecule has 1 saturated heterocycles. The Balaban J connectivity index is 1.45. The third-order valence-electron chi connectivity index (χ3n) is 5.29. The highest BCUT2D eigenvalue weighted by Gasteiger charge is 2.30. The number of benzene rings is 1. The lowest BCUT2D eigenvalue weighted by Crippen LogP contribution is -2.31. The molecule has 0 saturated carbocycles. The fourth-order valence-electron chi connectivity index (χ4n) is 3.51. The number of piperidine rings is 1. The highest BCUT2D eigenvalue weighted by atomic mass is 32.2. The van der Waals surface area contributed by atoms with E-state index in [2.05, 4.69) is 47.2 Å². The SMILES string of the molecule is Cc1ccc(NC(=O)Nc2ncc(C(C)S(=O)(=O)c3nn[nH]n3)s2)c(N2CCCCC2)c1. The lowest BCUT2D eigenvalue weighted by atomic mass is 10.1. The molecule has 32 heavy (non-hydrogen) atoms. The summed E-state index contributed by atoms with van der Waals surface area (Å²) in [5, 5.41) is 17.1. The number of sulfone groups is 1. The van der Waals surface area contributed by atoms with Gasteiger partial charge < -0.3 is 10.2 Å².